The molecule has 0 radical (unpaired) electrons. The van der Waals surface area contributed by atoms with Crippen LogP contribution in [-0.2, 0) is 6.42 Å². The Kier molecular flexibility index (Phi) is 4.87. The molecule has 2 heterocycles. The molecule has 0 atom stereocenters. The van der Waals surface area contributed by atoms with E-state index in [1.54, 1.807) is 0 Å². The standard InChI is InChI=1S/C20H23BrN4O/c1-23-10-12-24(13-11-23)20(26)22-17-14-16(21)6-7-19(17)25-9-8-15-4-2-3-5-18(15)25/h2-7,14H,8-13H2,1H3,(H,22,26). The van der Waals surface area contributed by atoms with Gasteiger partial charge in [-0.15, -0.1) is 0 Å². The van der Waals surface area contributed by atoms with E-state index >= 15 is 0 Å². The largest absolute Gasteiger partial charge is 0.339 e. The van der Waals surface area contributed by atoms with Crippen molar-refractivity contribution in [2.75, 3.05) is 50.0 Å². The van der Waals surface area contributed by atoms with Gasteiger partial charge in [-0.1, -0.05) is 34.1 Å². The number of carbonyl (C=O) groups is 1. The number of fused-ring (bicyclic) bond motifs is 1. The molecule has 0 aliphatic carbocycles. The molecule has 2 aliphatic heterocycles. The van der Waals surface area contributed by atoms with E-state index in [2.05, 4.69) is 68.4 Å². The van der Waals surface area contributed by atoms with Crippen LogP contribution >= 0.6 is 15.9 Å². The van der Waals surface area contributed by atoms with Gasteiger partial charge in [0.15, 0.2) is 0 Å². The summed E-state index contributed by atoms with van der Waals surface area (Å²) in [5.74, 6) is 0. The molecule has 0 saturated carbocycles. The summed E-state index contributed by atoms with van der Waals surface area (Å²) in [5, 5.41) is 3.14. The normalized spacial score (nSPS) is 17.3. The van der Waals surface area contributed by atoms with Gasteiger partial charge in [0.05, 0.1) is 11.4 Å². The number of nitrogens with one attached hydrogen (secondary N) is 1. The lowest BCUT2D eigenvalue weighted by atomic mass is 10.2. The van der Waals surface area contributed by atoms with Crippen LogP contribution in [0.15, 0.2) is 46.9 Å². The zero-order valence-corrected chi connectivity index (χ0v) is 16.5. The number of nitrogens with zero attached hydrogens (tertiary/aromatic N) is 3. The average Bonchev–Trinajstić information content (AvgIpc) is 3.06. The Labute approximate surface area is 162 Å². The molecule has 0 unspecified atom stereocenters. The van der Waals surface area contributed by atoms with Crippen LogP contribution in [0.5, 0.6) is 0 Å². The van der Waals surface area contributed by atoms with Crippen LogP contribution < -0.4 is 10.2 Å². The van der Waals surface area contributed by atoms with Crippen molar-refractivity contribution < 1.29 is 4.79 Å². The molecule has 2 aliphatic rings. The first-order chi connectivity index (χ1) is 12.6. The summed E-state index contributed by atoms with van der Waals surface area (Å²) < 4.78 is 0.961. The number of hydrogen-bond donors (Lipinski definition) is 1. The lowest BCUT2D eigenvalue weighted by Gasteiger charge is -2.33. The smallest absolute Gasteiger partial charge is 0.321 e. The maximum Gasteiger partial charge on any atom is 0.321 e. The van der Waals surface area contributed by atoms with E-state index in [1.807, 2.05) is 17.0 Å². The van der Waals surface area contributed by atoms with E-state index in [0.29, 0.717) is 0 Å². The van der Waals surface area contributed by atoms with Crippen molar-refractivity contribution in [1.82, 2.24) is 9.80 Å². The molecule has 6 heteroatoms. The van der Waals surface area contributed by atoms with Crippen LogP contribution in [0.25, 0.3) is 0 Å². The van der Waals surface area contributed by atoms with E-state index < -0.39 is 0 Å². The first-order valence-corrected chi connectivity index (χ1v) is 9.80. The first-order valence-electron chi connectivity index (χ1n) is 9.01. The third-order valence-corrected chi connectivity index (χ3v) is 5.66. The third-order valence-electron chi connectivity index (χ3n) is 5.17. The number of amides is 2. The number of likely N-dealkylation sites (N-methyl/N-ethyl adjacent to an activating group) is 1. The zero-order valence-electron chi connectivity index (χ0n) is 14.9. The quantitative estimate of drug-likeness (QED) is 0.808. The zero-order chi connectivity index (χ0) is 18.1. The fourth-order valence-electron chi connectivity index (χ4n) is 3.64. The monoisotopic (exact) mass is 414 g/mol. The van der Waals surface area contributed by atoms with Gasteiger partial charge in [0.25, 0.3) is 0 Å². The molecule has 5 nitrogen and oxygen atoms in total. The Hall–Kier alpha value is -2.05. The number of urea groups is 1. The van der Waals surface area contributed by atoms with Gasteiger partial charge < -0.3 is 20.0 Å². The molecule has 1 N–H and O–H groups in total. The molecule has 2 amide bonds. The first kappa shape index (κ1) is 17.4. The molecule has 0 aromatic heterocycles. The maximum atomic E-state index is 12.8. The molecule has 4 rings (SSSR count). The molecule has 26 heavy (non-hydrogen) atoms. The number of hydrogen-bond acceptors (Lipinski definition) is 3. The van der Waals surface area contributed by atoms with Crippen molar-refractivity contribution in [1.29, 1.82) is 0 Å². The van der Waals surface area contributed by atoms with E-state index in [0.717, 1.165) is 55.0 Å². The molecule has 0 spiro atoms. The summed E-state index contributed by atoms with van der Waals surface area (Å²) in [6.45, 7) is 4.28. The molecular formula is C20H23BrN4O. The minimum absolute atomic E-state index is 0.0232. The van der Waals surface area contributed by atoms with Gasteiger partial charge in [-0.05, 0) is 43.3 Å². The Bertz CT molecular complexity index is 817. The molecule has 136 valence electrons. The average molecular weight is 415 g/mol. The highest BCUT2D eigenvalue weighted by Crippen LogP contribution is 2.39. The number of rotatable bonds is 2. The summed E-state index contributed by atoms with van der Waals surface area (Å²) in [6.07, 6.45) is 1.03. The van der Waals surface area contributed by atoms with Crippen LogP contribution in [0, 0.1) is 0 Å². The Balaban J connectivity index is 1.59. The fourth-order valence-corrected chi connectivity index (χ4v) is 4.00. The Morgan fingerprint density at radius 1 is 1.00 bits per heavy atom. The fraction of sp³-hybridized carbons (Fsp3) is 0.350. The van der Waals surface area contributed by atoms with Gasteiger partial charge >= 0.3 is 6.03 Å². The van der Waals surface area contributed by atoms with Crippen LogP contribution in [0.2, 0.25) is 0 Å². The molecule has 1 fully saturated rings. The molecular weight excluding hydrogens is 392 g/mol. The second-order valence-corrected chi connectivity index (χ2v) is 7.83. The highest BCUT2D eigenvalue weighted by atomic mass is 79.9. The predicted octanol–water partition coefficient (Wildman–Crippen LogP) is 3.92. The summed E-state index contributed by atoms with van der Waals surface area (Å²) in [4.78, 5) is 19.2. The third kappa shape index (κ3) is 3.44. The summed E-state index contributed by atoms with van der Waals surface area (Å²) in [5.41, 5.74) is 4.47. The SMILES string of the molecule is CN1CCN(C(=O)Nc2cc(Br)ccc2N2CCc3ccccc32)CC1. The number of benzene rings is 2. The van der Waals surface area contributed by atoms with E-state index in [1.165, 1.54) is 11.3 Å². The second-order valence-electron chi connectivity index (χ2n) is 6.91. The van der Waals surface area contributed by atoms with E-state index in [9.17, 15) is 4.79 Å². The van der Waals surface area contributed by atoms with Crippen molar-refractivity contribution in [2.45, 2.75) is 6.42 Å². The highest BCUT2D eigenvalue weighted by Gasteiger charge is 2.24. The van der Waals surface area contributed by atoms with Crippen molar-refractivity contribution in [3.8, 4) is 0 Å². The Morgan fingerprint density at radius 3 is 2.58 bits per heavy atom. The minimum atomic E-state index is -0.0232. The van der Waals surface area contributed by atoms with Gasteiger partial charge in [0.2, 0.25) is 0 Å². The van der Waals surface area contributed by atoms with Crippen LogP contribution in [0.1, 0.15) is 5.56 Å². The number of anilines is 3. The summed E-state index contributed by atoms with van der Waals surface area (Å²) >= 11 is 3.54. The van der Waals surface area contributed by atoms with Gasteiger partial charge in [0.1, 0.15) is 0 Å². The van der Waals surface area contributed by atoms with Gasteiger partial charge in [0, 0.05) is 42.9 Å². The summed E-state index contributed by atoms with van der Waals surface area (Å²) in [7, 11) is 2.09. The number of para-hydroxylation sites is 1. The molecule has 1 saturated heterocycles. The highest BCUT2D eigenvalue weighted by molar-refractivity contribution is 9.10. The number of halogens is 1. The van der Waals surface area contributed by atoms with Crippen LogP contribution in [0.3, 0.4) is 0 Å². The summed E-state index contributed by atoms with van der Waals surface area (Å²) in [6, 6.07) is 14.5. The van der Waals surface area contributed by atoms with Crippen LogP contribution in [0.4, 0.5) is 21.9 Å². The second kappa shape index (κ2) is 7.29. The predicted molar refractivity (Wildman–Crippen MR) is 109 cm³/mol. The topological polar surface area (TPSA) is 38.8 Å². The molecule has 2 aromatic rings. The van der Waals surface area contributed by atoms with Crippen molar-refractivity contribution in [3.05, 3.63) is 52.5 Å². The lowest BCUT2D eigenvalue weighted by molar-refractivity contribution is 0.164. The minimum Gasteiger partial charge on any atom is -0.339 e. The van der Waals surface area contributed by atoms with E-state index in [4.69, 9.17) is 0 Å². The van der Waals surface area contributed by atoms with Gasteiger partial charge in [-0.3, -0.25) is 0 Å². The lowest BCUT2D eigenvalue weighted by Crippen LogP contribution is -2.48. The van der Waals surface area contributed by atoms with Crippen LogP contribution in [-0.4, -0.2) is 55.6 Å². The number of piperazine rings is 1. The van der Waals surface area contributed by atoms with Gasteiger partial charge in [-0.2, -0.15) is 0 Å². The van der Waals surface area contributed by atoms with Crippen molar-refractivity contribution in [2.24, 2.45) is 0 Å². The molecule has 0 bridgehead atoms. The van der Waals surface area contributed by atoms with Crippen molar-refractivity contribution >= 4 is 39.0 Å². The maximum absolute atomic E-state index is 12.8. The van der Waals surface area contributed by atoms with Gasteiger partial charge in [-0.25, -0.2) is 4.79 Å². The Morgan fingerprint density at radius 2 is 1.77 bits per heavy atom. The van der Waals surface area contributed by atoms with E-state index in [-0.39, 0.29) is 6.03 Å². The number of carbonyl (C=O) groups excluding carboxylic acids is 1. The van der Waals surface area contributed by atoms with Crippen molar-refractivity contribution in [3.63, 3.8) is 0 Å². The molecule has 2 aromatic carbocycles.